The SMILES string of the molecule is CC1(C)CN(C(CNC(=O)Cc2cscn2)c2ccc(Cl)cc2)CCO1. The molecule has 140 valence electrons. The summed E-state index contributed by atoms with van der Waals surface area (Å²) >= 11 is 7.55. The molecular formula is C19H24ClN3O2S. The van der Waals surface area contributed by atoms with Gasteiger partial charge in [0.1, 0.15) is 0 Å². The minimum absolute atomic E-state index is 0.0117. The monoisotopic (exact) mass is 393 g/mol. The van der Waals surface area contributed by atoms with Crippen molar-refractivity contribution in [2.24, 2.45) is 0 Å². The van der Waals surface area contributed by atoms with Gasteiger partial charge in [0.15, 0.2) is 0 Å². The van der Waals surface area contributed by atoms with Gasteiger partial charge in [-0.3, -0.25) is 9.69 Å². The van der Waals surface area contributed by atoms with Crippen LogP contribution in [0, 0.1) is 0 Å². The van der Waals surface area contributed by atoms with Crippen LogP contribution in [-0.4, -0.2) is 47.6 Å². The van der Waals surface area contributed by atoms with E-state index in [1.54, 1.807) is 5.51 Å². The van der Waals surface area contributed by atoms with Crippen molar-refractivity contribution in [3.05, 3.63) is 51.4 Å². The Morgan fingerprint density at radius 1 is 1.42 bits per heavy atom. The Hall–Kier alpha value is -1.47. The molecule has 26 heavy (non-hydrogen) atoms. The highest BCUT2D eigenvalue weighted by Gasteiger charge is 2.32. The van der Waals surface area contributed by atoms with Crippen LogP contribution in [0.15, 0.2) is 35.2 Å². The highest BCUT2D eigenvalue weighted by atomic mass is 35.5. The number of nitrogens with one attached hydrogen (secondary N) is 1. The van der Waals surface area contributed by atoms with Crippen molar-refractivity contribution in [1.29, 1.82) is 0 Å². The molecule has 7 heteroatoms. The number of carbonyl (C=O) groups excluding carboxylic acids is 1. The van der Waals surface area contributed by atoms with E-state index in [0.29, 0.717) is 24.6 Å². The highest BCUT2D eigenvalue weighted by Crippen LogP contribution is 2.27. The van der Waals surface area contributed by atoms with E-state index >= 15 is 0 Å². The lowest BCUT2D eigenvalue weighted by atomic mass is 10.0. The number of hydrogen-bond acceptors (Lipinski definition) is 5. The number of amides is 1. The van der Waals surface area contributed by atoms with E-state index in [2.05, 4.69) is 29.0 Å². The maximum atomic E-state index is 12.3. The molecule has 1 fully saturated rings. The third-order valence-electron chi connectivity index (χ3n) is 4.47. The normalized spacial score (nSPS) is 18.4. The van der Waals surface area contributed by atoms with Gasteiger partial charge in [-0.25, -0.2) is 4.98 Å². The molecule has 1 amide bonds. The lowest BCUT2D eigenvalue weighted by Crippen LogP contribution is -2.51. The van der Waals surface area contributed by atoms with Crippen molar-refractivity contribution in [3.8, 4) is 0 Å². The van der Waals surface area contributed by atoms with Gasteiger partial charge in [-0.2, -0.15) is 0 Å². The van der Waals surface area contributed by atoms with Gasteiger partial charge in [-0.05, 0) is 31.5 Å². The number of benzene rings is 1. The fourth-order valence-corrected chi connectivity index (χ4v) is 3.91. The summed E-state index contributed by atoms with van der Waals surface area (Å²) in [5.74, 6) is -0.0117. The van der Waals surface area contributed by atoms with E-state index in [0.717, 1.165) is 24.3 Å². The summed E-state index contributed by atoms with van der Waals surface area (Å²) in [5, 5.41) is 5.68. The second-order valence-corrected chi connectivity index (χ2v) is 8.26. The number of aromatic nitrogens is 1. The van der Waals surface area contributed by atoms with Crippen LogP contribution in [0.2, 0.25) is 5.02 Å². The fourth-order valence-electron chi connectivity index (χ4n) is 3.22. The second-order valence-electron chi connectivity index (χ2n) is 7.11. The molecule has 0 spiro atoms. The van der Waals surface area contributed by atoms with E-state index in [-0.39, 0.29) is 17.6 Å². The van der Waals surface area contributed by atoms with Crippen LogP contribution in [0.1, 0.15) is 31.1 Å². The molecule has 1 aromatic carbocycles. The minimum Gasteiger partial charge on any atom is -0.373 e. The first-order valence-corrected chi connectivity index (χ1v) is 10.0. The second kappa shape index (κ2) is 8.48. The zero-order valence-corrected chi connectivity index (χ0v) is 16.6. The Morgan fingerprint density at radius 3 is 2.85 bits per heavy atom. The van der Waals surface area contributed by atoms with Crippen LogP contribution >= 0.6 is 22.9 Å². The van der Waals surface area contributed by atoms with Crippen molar-refractivity contribution in [3.63, 3.8) is 0 Å². The lowest BCUT2D eigenvalue weighted by Gasteiger charge is -2.42. The van der Waals surface area contributed by atoms with Crippen LogP contribution < -0.4 is 5.32 Å². The van der Waals surface area contributed by atoms with Gasteiger partial charge in [0.05, 0.1) is 35.9 Å². The molecule has 0 bridgehead atoms. The van der Waals surface area contributed by atoms with Crippen LogP contribution in [-0.2, 0) is 16.0 Å². The number of carbonyl (C=O) groups is 1. The summed E-state index contributed by atoms with van der Waals surface area (Å²) in [6, 6.07) is 7.93. The molecular weight excluding hydrogens is 370 g/mol. The first kappa shape index (κ1) is 19.3. The quantitative estimate of drug-likeness (QED) is 0.818. The Kier molecular flexibility index (Phi) is 6.29. The molecule has 3 rings (SSSR count). The summed E-state index contributed by atoms with van der Waals surface area (Å²) in [4.78, 5) is 18.8. The van der Waals surface area contributed by atoms with Gasteiger partial charge in [0.25, 0.3) is 0 Å². The first-order valence-electron chi connectivity index (χ1n) is 8.70. The number of thiazole rings is 1. The largest absolute Gasteiger partial charge is 0.373 e. The predicted octanol–water partition coefficient (Wildman–Crippen LogP) is 3.31. The average Bonchev–Trinajstić information content (AvgIpc) is 3.08. The fraction of sp³-hybridized carbons (Fsp3) is 0.474. The molecule has 1 N–H and O–H groups in total. The molecule has 1 atom stereocenters. The molecule has 2 aromatic rings. The Bertz CT molecular complexity index is 719. The van der Waals surface area contributed by atoms with E-state index in [1.165, 1.54) is 11.3 Å². The molecule has 1 saturated heterocycles. The Morgan fingerprint density at radius 2 is 2.19 bits per heavy atom. The summed E-state index contributed by atoms with van der Waals surface area (Å²) in [7, 11) is 0. The molecule has 0 aliphatic carbocycles. The van der Waals surface area contributed by atoms with Crippen molar-refractivity contribution in [1.82, 2.24) is 15.2 Å². The van der Waals surface area contributed by atoms with Gasteiger partial charge < -0.3 is 10.1 Å². The summed E-state index contributed by atoms with van der Waals surface area (Å²) in [6.45, 7) is 7.06. The third kappa shape index (κ3) is 5.27. The molecule has 1 unspecified atom stereocenters. The van der Waals surface area contributed by atoms with Crippen LogP contribution in [0.25, 0.3) is 0 Å². The number of nitrogens with zero attached hydrogens (tertiary/aromatic N) is 2. The Balaban J connectivity index is 1.70. The molecule has 5 nitrogen and oxygen atoms in total. The molecule has 1 aliphatic heterocycles. The van der Waals surface area contributed by atoms with E-state index in [1.807, 2.05) is 29.6 Å². The minimum atomic E-state index is -0.201. The van der Waals surface area contributed by atoms with Crippen molar-refractivity contribution in [2.75, 3.05) is 26.2 Å². The summed E-state index contributed by atoms with van der Waals surface area (Å²) < 4.78 is 5.84. The third-order valence-corrected chi connectivity index (χ3v) is 5.36. The van der Waals surface area contributed by atoms with Crippen LogP contribution in [0.5, 0.6) is 0 Å². The van der Waals surface area contributed by atoms with Gasteiger partial charge >= 0.3 is 0 Å². The average molecular weight is 394 g/mol. The molecule has 1 aromatic heterocycles. The highest BCUT2D eigenvalue weighted by molar-refractivity contribution is 7.07. The van der Waals surface area contributed by atoms with Crippen molar-refractivity contribution >= 4 is 28.8 Å². The smallest absolute Gasteiger partial charge is 0.226 e. The number of hydrogen-bond donors (Lipinski definition) is 1. The van der Waals surface area contributed by atoms with Gasteiger partial charge in [0.2, 0.25) is 5.91 Å². The van der Waals surface area contributed by atoms with Crippen LogP contribution in [0.4, 0.5) is 0 Å². The maximum Gasteiger partial charge on any atom is 0.226 e. The molecule has 1 aliphatic rings. The van der Waals surface area contributed by atoms with Gasteiger partial charge in [-0.1, -0.05) is 23.7 Å². The zero-order chi connectivity index (χ0) is 18.6. The lowest BCUT2D eigenvalue weighted by molar-refractivity contribution is -0.121. The Labute approximate surface area is 163 Å². The molecule has 0 radical (unpaired) electrons. The first-order chi connectivity index (χ1) is 12.4. The zero-order valence-electron chi connectivity index (χ0n) is 15.1. The van der Waals surface area contributed by atoms with Crippen molar-refractivity contribution < 1.29 is 9.53 Å². The number of halogens is 1. The predicted molar refractivity (Wildman–Crippen MR) is 105 cm³/mol. The van der Waals surface area contributed by atoms with E-state index in [9.17, 15) is 4.79 Å². The molecule has 2 heterocycles. The van der Waals surface area contributed by atoms with Gasteiger partial charge in [0, 0.05) is 30.0 Å². The van der Waals surface area contributed by atoms with Crippen molar-refractivity contribution in [2.45, 2.75) is 31.9 Å². The molecule has 0 saturated carbocycles. The van der Waals surface area contributed by atoms with Crippen LogP contribution in [0.3, 0.4) is 0 Å². The summed E-state index contributed by atoms with van der Waals surface area (Å²) in [6.07, 6.45) is 0.311. The standard InChI is InChI=1S/C19H24ClN3O2S/c1-19(2)12-23(7-8-25-19)17(14-3-5-15(20)6-4-14)10-21-18(24)9-16-11-26-13-22-16/h3-6,11,13,17H,7-10,12H2,1-2H3,(H,21,24). The number of morpholine rings is 1. The summed E-state index contributed by atoms with van der Waals surface area (Å²) in [5.41, 5.74) is 3.49. The topological polar surface area (TPSA) is 54.5 Å². The van der Waals surface area contributed by atoms with Gasteiger partial charge in [-0.15, -0.1) is 11.3 Å². The van der Waals surface area contributed by atoms with E-state index in [4.69, 9.17) is 16.3 Å². The number of rotatable bonds is 6. The van der Waals surface area contributed by atoms with E-state index < -0.39 is 0 Å². The number of ether oxygens (including phenoxy) is 1. The maximum absolute atomic E-state index is 12.3.